The van der Waals surface area contributed by atoms with Crippen LogP contribution >= 0.6 is 23.2 Å². The molecule has 0 aliphatic carbocycles. The van der Waals surface area contributed by atoms with E-state index in [1.54, 1.807) is 12.3 Å². The van der Waals surface area contributed by atoms with Crippen LogP contribution in [0.25, 0.3) is 22.2 Å². The van der Waals surface area contributed by atoms with E-state index in [-0.39, 0.29) is 30.6 Å². The van der Waals surface area contributed by atoms with Crippen LogP contribution in [0, 0.1) is 0 Å². The van der Waals surface area contributed by atoms with Crippen molar-refractivity contribution < 1.29 is 24.1 Å². The van der Waals surface area contributed by atoms with Gasteiger partial charge in [-0.2, -0.15) is 0 Å². The number of ether oxygens (including phenoxy) is 3. The summed E-state index contributed by atoms with van der Waals surface area (Å²) in [5.74, 6) is 1.37. The summed E-state index contributed by atoms with van der Waals surface area (Å²) in [6, 6.07) is 3.08. The molecule has 3 aromatic rings. The van der Waals surface area contributed by atoms with Gasteiger partial charge in [-0.15, -0.1) is 0 Å². The highest BCUT2D eigenvalue weighted by molar-refractivity contribution is 6.41. The maximum atomic E-state index is 11.9. The van der Waals surface area contributed by atoms with Crippen molar-refractivity contribution >= 4 is 51.8 Å². The minimum Gasteiger partial charge on any atom is -0.495 e. The first kappa shape index (κ1) is 31.0. The molecule has 0 spiro atoms. The first-order chi connectivity index (χ1) is 20.9. The summed E-state index contributed by atoms with van der Waals surface area (Å²) in [6.45, 7) is 6.59. The van der Waals surface area contributed by atoms with Crippen LogP contribution in [0.5, 0.6) is 11.5 Å². The number of carbonyl (C=O) groups excluding carboxylic acids is 1. The molecule has 230 valence electrons. The fourth-order valence-electron chi connectivity index (χ4n) is 5.43. The van der Waals surface area contributed by atoms with E-state index >= 15 is 0 Å². The lowest BCUT2D eigenvalue weighted by Gasteiger charge is -2.23. The number of hydrogen-bond donors (Lipinski definition) is 4. The van der Waals surface area contributed by atoms with Gasteiger partial charge < -0.3 is 35.3 Å². The molecule has 2 aliphatic heterocycles. The molecule has 4 heterocycles. The number of nitrogens with zero attached hydrogens (tertiary/aromatic N) is 4. The average molecular weight is 633 g/mol. The van der Waals surface area contributed by atoms with Gasteiger partial charge >= 0.3 is 0 Å². The van der Waals surface area contributed by atoms with Crippen molar-refractivity contribution in [3.8, 4) is 22.8 Å². The van der Waals surface area contributed by atoms with E-state index in [4.69, 9.17) is 47.4 Å². The topological polar surface area (TPSA) is 143 Å². The Morgan fingerprint density at radius 1 is 1.19 bits per heavy atom. The second-order valence-electron chi connectivity index (χ2n) is 10.3. The van der Waals surface area contributed by atoms with Gasteiger partial charge in [0.25, 0.3) is 0 Å². The number of halogens is 2. The Balaban J connectivity index is 1.51. The molecule has 1 amide bonds. The van der Waals surface area contributed by atoms with Crippen LogP contribution in [0.3, 0.4) is 0 Å². The molecule has 0 saturated carbocycles. The van der Waals surface area contributed by atoms with Crippen molar-refractivity contribution in [2.24, 2.45) is 0 Å². The Morgan fingerprint density at radius 2 is 1.93 bits per heavy atom. The zero-order valence-corrected chi connectivity index (χ0v) is 25.5. The summed E-state index contributed by atoms with van der Waals surface area (Å²) in [5.41, 5.74) is 1.52. The smallest absolute Gasteiger partial charge is 0.243 e. The number of nitrogens with one attached hydrogen (secondary N) is 3. The molecular formula is C29H35Cl2N7O5. The van der Waals surface area contributed by atoms with Gasteiger partial charge in [0.2, 0.25) is 11.9 Å². The van der Waals surface area contributed by atoms with E-state index < -0.39 is 0 Å². The minimum absolute atomic E-state index is 0.132. The third kappa shape index (κ3) is 6.73. The molecular weight excluding hydrogens is 597 g/mol. The molecule has 2 aliphatic rings. The highest BCUT2D eigenvalue weighted by atomic mass is 35.5. The molecule has 1 aromatic carbocycles. The molecule has 5 rings (SSSR count). The maximum Gasteiger partial charge on any atom is 0.243 e. The third-order valence-corrected chi connectivity index (χ3v) is 8.46. The maximum absolute atomic E-state index is 11.9. The lowest BCUT2D eigenvalue weighted by Crippen LogP contribution is -2.45. The largest absolute Gasteiger partial charge is 0.495 e. The Morgan fingerprint density at radius 3 is 2.63 bits per heavy atom. The highest BCUT2D eigenvalue weighted by Crippen LogP contribution is 2.46. The lowest BCUT2D eigenvalue weighted by atomic mass is 10.1. The number of methoxy groups -OCH3 is 2. The molecule has 0 radical (unpaired) electrons. The van der Waals surface area contributed by atoms with Gasteiger partial charge in [0.1, 0.15) is 17.0 Å². The first-order valence-electron chi connectivity index (χ1n) is 14.0. The van der Waals surface area contributed by atoms with Crippen molar-refractivity contribution in [2.75, 3.05) is 64.3 Å². The van der Waals surface area contributed by atoms with E-state index in [0.29, 0.717) is 81.8 Å². The molecule has 2 saturated heterocycles. The molecule has 2 aromatic heterocycles. The Bertz CT molecular complexity index is 1470. The second-order valence-corrected chi connectivity index (χ2v) is 11.1. The van der Waals surface area contributed by atoms with Gasteiger partial charge in [-0.3, -0.25) is 9.69 Å². The van der Waals surface area contributed by atoms with Crippen LogP contribution in [-0.4, -0.2) is 103 Å². The van der Waals surface area contributed by atoms with Crippen molar-refractivity contribution in [3.63, 3.8) is 0 Å². The lowest BCUT2D eigenvalue weighted by molar-refractivity contribution is -0.117. The van der Waals surface area contributed by atoms with Gasteiger partial charge in [0.05, 0.1) is 61.9 Å². The number of aliphatic hydroxyl groups is 1. The number of carbonyl (C=O) groups is 1. The monoisotopic (exact) mass is 631 g/mol. The van der Waals surface area contributed by atoms with Gasteiger partial charge in [0.15, 0.2) is 5.82 Å². The summed E-state index contributed by atoms with van der Waals surface area (Å²) in [5, 5.41) is 20.6. The number of aliphatic hydroxyl groups excluding tert-OH is 1. The number of likely N-dealkylation sites (tertiary alicyclic amines) is 1. The number of benzene rings is 1. The number of anilines is 2. The van der Waals surface area contributed by atoms with Gasteiger partial charge in [0, 0.05) is 42.3 Å². The third-order valence-electron chi connectivity index (χ3n) is 7.70. The van der Waals surface area contributed by atoms with Crippen molar-refractivity contribution in [1.29, 1.82) is 0 Å². The van der Waals surface area contributed by atoms with E-state index in [1.165, 1.54) is 20.3 Å². The summed E-state index contributed by atoms with van der Waals surface area (Å²) >= 11 is 13.5. The highest BCUT2D eigenvalue weighted by Gasteiger charge is 2.30. The van der Waals surface area contributed by atoms with Crippen molar-refractivity contribution in [1.82, 2.24) is 25.2 Å². The number of rotatable bonds is 12. The van der Waals surface area contributed by atoms with Gasteiger partial charge in [-0.1, -0.05) is 29.8 Å². The predicted octanol–water partition coefficient (Wildman–Crippen LogP) is 3.37. The van der Waals surface area contributed by atoms with Crippen LogP contribution in [0.1, 0.15) is 12.8 Å². The van der Waals surface area contributed by atoms with Crippen molar-refractivity contribution in [3.05, 3.63) is 41.0 Å². The minimum atomic E-state index is -0.280. The average Bonchev–Trinajstić information content (AvgIpc) is 3.66. The van der Waals surface area contributed by atoms with E-state index in [1.807, 2.05) is 6.07 Å². The summed E-state index contributed by atoms with van der Waals surface area (Å²) in [4.78, 5) is 28.4. The molecule has 0 bridgehead atoms. The molecule has 1 unspecified atom stereocenters. The van der Waals surface area contributed by atoms with E-state index in [0.717, 1.165) is 19.4 Å². The van der Waals surface area contributed by atoms with E-state index in [9.17, 15) is 9.90 Å². The van der Waals surface area contributed by atoms with Gasteiger partial charge in [-0.05, 0) is 31.5 Å². The molecule has 4 N–H and O–H groups in total. The van der Waals surface area contributed by atoms with Crippen molar-refractivity contribution in [2.45, 2.75) is 31.0 Å². The molecule has 43 heavy (non-hydrogen) atoms. The molecule has 12 nitrogen and oxygen atoms in total. The van der Waals surface area contributed by atoms with E-state index in [2.05, 4.69) is 32.4 Å². The fraction of sp³-hybridized carbons (Fsp3) is 0.448. The van der Waals surface area contributed by atoms with Gasteiger partial charge in [-0.25, -0.2) is 15.0 Å². The molecule has 2 fully saturated rings. The Hall–Kier alpha value is -3.42. The second kappa shape index (κ2) is 13.9. The van der Waals surface area contributed by atoms with Crippen LogP contribution in [0.4, 0.5) is 11.8 Å². The SMILES string of the molecule is C=CC(=O)N[C@H]1COC[C@H]1Nc1ncc2cc(-c3c(Cl)c(OC)cc(OC)c3Cl)nc(NCCN3CCCC3CO)c2n1. The van der Waals surface area contributed by atoms with Crippen LogP contribution in [0.15, 0.2) is 31.0 Å². The predicted molar refractivity (Wildman–Crippen MR) is 166 cm³/mol. The zero-order valence-electron chi connectivity index (χ0n) is 24.0. The van der Waals surface area contributed by atoms with Crippen LogP contribution in [0.2, 0.25) is 10.0 Å². The first-order valence-corrected chi connectivity index (χ1v) is 14.8. The molecule has 3 atom stereocenters. The van der Waals surface area contributed by atoms with Crippen LogP contribution < -0.4 is 25.4 Å². The number of hydrogen-bond acceptors (Lipinski definition) is 11. The molecule has 14 heteroatoms. The standard InChI is InChI=1S/C29H35Cl2N7O5/c1-4-23(40)34-19-14-43-15-20(19)36-29-33-12-16-10-18(24-25(30)21(41-2)11-22(42-3)26(24)31)35-28(27(16)37-29)32-7-9-38-8-5-6-17(38)13-39/h4,10-12,17,19-20,39H,1,5-9,13-15H2,2-3H3,(H,32,35)(H,34,40)(H,33,36,37)/t17?,19-,20+/m0/s1. The zero-order chi connectivity index (χ0) is 30.5. The number of pyridine rings is 1. The quantitative estimate of drug-likeness (QED) is 0.218. The summed E-state index contributed by atoms with van der Waals surface area (Å²) in [6.07, 6.45) is 4.95. The number of amides is 1. The summed E-state index contributed by atoms with van der Waals surface area (Å²) < 4.78 is 16.5. The summed E-state index contributed by atoms with van der Waals surface area (Å²) in [7, 11) is 3.03. The normalized spacial score (nSPS) is 20.3. The Kier molecular flexibility index (Phi) is 10.0. The van der Waals surface area contributed by atoms with Crippen LogP contribution in [-0.2, 0) is 9.53 Å². The Labute approximate surface area is 259 Å². The fourth-order valence-corrected chi connectivity index (χ4v) is 6.13. The number of aromatic nitrogens is 3. The number of fused-ring (bicyclic) bond motifs is 1.